The Kier molecular flexibility index (Phi) is 6.39. The Balaban J connectivity index is 1.47. The third kappa shape index (κ3) is 4.70. The van der Waals surface area contributed by atoms with E-state index in [1.54, 1.807) is 21.6 Å². The monoisotopic (exact) mass is 580 g/mol. The molecule has 7 nitrogen and oxygen atoms in total. The molecule has 0 saturated carbocycles. The van der Waals surface area contributed by atoms with Crippen LogP contribution >= 0.6 is 0 Å². The maximum atomic E-state index is 14.9. The van der Waals surface area contributed by atoms with E-state index >= 15 is 0 Å². The second-order valence-corrected chi connectivity index (χ2v) is 10.8. The minimum Gasteiger partial charge on any atom is -0.305 e. The SMILES string of the molecule is CCN1C(=O)c2nc(-c3ccc(-c4ccc(C(F)(F)F)cc4)nc3)n(Cc3ccc(F)cc3F)c2N2CC(C)(C)N=C12. The molecule has 2 aliphatic heterocycles. The number of carbonyl (C=O) groups excluding carboxylic acids is 1. The van der Waals surface area contributed by atoms with Crippen LogP contribution in [0.5, 0.6) is 0 Å². The highest BCUT2D eigenvalue weighted by atomic mass is 19.4. The molecule has 0 atom stereocenters. The lowest BCUT2D eigenvalue weighted by Gasteiger charge is -2.34. The predicted molar refractivity (Wildman–Crippen MR) is 147 cm³/mol. The third-order valence-electron chi connectivity index (χ3n) is 7.26. The Morgan fingerprint density at radius 3 is 2.31 bits per heavy atom. The first-order chi connectivity index (χ1) is 19.9. The largest absolute Gasteiger partial charge is 0.416 e. The highest BCUT2D eigenvalue weighted by Crippen LogP contribution is 2.39. The number of imidazole rings is 1. The second-order valence-electron chi connectivity index (χ2n) is 10.8. The summed E-state index contributed by atoms with van der Waals surface area (Å²) in [5.41, 5.74) is 0.500. The van der Waals surface area contributed by atoms with Crippen molar-refractivity contribution in [3.05, 3.63) is 89.2 Å². The molecule has 2 aromatic carbocycles. The number of pyridine rings is 1. The molecule has 6 rings (SSSR count). The number of carbonyl (C=O) groups is 1. The molecule has 4 heterocycles. The van der Waals surface area contributed by atoms with Crippen molar-refractivity contribution in [3.63, 3.8) is 0 Å². The topological polar surface area (TPSA) is 66.6 Å². The normalized spacial score (nSPS) is 16.0. The average Bonchev–Trinajstić information content (AvgIpc) is 3.47. The summed E-state index contributed by atoms with van der Waals surface area (Å²) in [6, 6.07) is 11.3. The third-order valence-corrected chi connectivity index (χ3v) is 7.26. The van der Waals surface area contributed by atoms with Crippen molar-refractivity contribution in [2.45, 2.75) is 39.0 Å². The van der Waals surface area contributed by atoms with Crippen LogP contribution in [0.3, 0.4) is 0 Å². The summed E-state index contributed by atoms with van der Waals surface area (Å²) in [6.45, 7) is 6.48. The molecule has 2 aliphatic rings. The molecule has 0 aliphatic carbocycles. The number of benzene rings is 2. The van der Waals surface area contributed by atoms with Crippen LogP contribution in [-0.4, -0.2) is 49.9 Å². The van der Waals surface area contributed by atoms with Crippen LogP contribution < -0.4 is 4.90 Å². The van der Waals surface area contributed by atoms with Gasteiger partial charge in [-0.25, -0.2) is 18.8 Å². The number of nitrogens with zero attached hydrogens (tertiary/aromatic N) is 6. The highest BCUT2D eigenvalue weighted by Gasteiger charge is 2.46. The minimum atomic E-state index is -4.45. The maximum absolute atomic E-state index is 14.9. The Morgan fingerprint density at radius 2 is 1.69 bits per heavy atom. The van der Waals surface area contributed by atoms with Crippen molar-refractivity contribution in [1.29, 1.82) is 0 Å². The Morgan fingerprint density at radius 1 is 0.976 bits per heavy atom. The second kappa shape index (κ2) is 9.74. The summed E-state index contributed by atoms with van der Waals surface area (Å²) in [7, 11) is 0. The highest BCUT2D eigenvalue weighted by molar-refractivity contribution is 6.18. The zero-order chi connectivity index (χ0) is 30.0. The number of fused-ring (bicyclic) bond motifs is 3. The zero-order valence-corrected chi connectivity index (χ0v) is 22.9. The molecule has 1 amide bonds. The Hall–Kier alpha value is -4.61. The van der Waals surface area contributed by atoms with Gasteiger partial charge in [0.2, 0.25) is 5.96 Å². The molecule has 2 aromatic heterocycles. The Bertz CT molecular complexity index is 1720. The number of hydrogen-bond donors (Lipinski definition) is 0. The average molecular weight is 581 g/mol. The van der Waals surface area contributed by atoms with E-state index in [9.17, 15) is 26.7 Å². The summed E-state index contributed by atoms with van der Waals surface area (Å²) in [5.74, 6) is -0.564. The maximum Gasteiger partial charge on any atom is 0.416 e. The number of halogens is 5. The van der Waals surface area contributed by atoms with Crippen LogP contribution in [-0.2, 0) is 12.7 Å². The summed E-state index contributed by atoms with van der Waals surface area (Å²) in [5, 5.41) is 0. The molecule has 0 N–H and O–H groups in total. The molecule has 0 spiro atoms. The van der Waals surface area contributed by atoms with Gasteiger partial charge in [0, 0.05) is 35.5 Å². The summed E-state index contributed by atoms with van der Waals surface area (Å²) in [4.78, 5) is 31.0. The number of guanidine groups is 1. The number of hydrogen-bond acceptors (Lipinski definition) is 5. The molecule has 0 fully saturated rings. The standard InChI is InChI=1S/C30H25F5N6O/c1-4-39-27(42)24-26(41-16-29(2,3)38-28(39)41)40(15-19-7-11-21(31)13-22(19)32)25(37-24)18-8-12-23(36-14-18)17-5-9-20(10-6-17)30(33,34)35/h5-14H,4,15-16H2,1-3H3. The van der Waals surface area contributed by atoms with Crippen LogP contribution in [0, 0.1) is 11.6 Å². The molecule has 0 saturated heterocycles. The number of rotatable bonds is 5. The lowest BCUT2D eigenvalue weighted by atomic mass is 10.1. The van der Waals surface area contributed by atoms with Gasteiger partial charge < -0.3 is 4.57 Å². The first-order valence-electron chi connectivity index (χ1n) is 13.2. The van der Waals surface area contributed by atoms with Gasteiger partial charge in [-0.15, -0.1) is 0 Å². The first-order valence-corrected chi connectivity index (χ1v) is 13.2. The van der Waals surface area contributed by atoms with Gasteiger partial charge in [0.15, 0.2) is 5.69 Å². The fourth-order valence-electron chi connectivity index (χ4n) is 5.28. The van der Waals surface area contributed by atoms with Gasteiger partial charge in [-0.2, -0.15) is 13.2 Å². The minimum absolute atomic E-state index is 0.0615. The van der Waals surface area contributed by atoms with Crippen LogP contribution in [0.25, 0.3) is 22.6 Å². The molecular formula is C30H25F5N6O. The number of anilines is 1. The summed E-state index contributed by atoms with van der Waals surface area (Å²) in [6.07, 6.45) is -2.95. The van der Waals surface area contributed by atoms with Crippen molar-refractivity contribution >= 4 is 17.7 Å². The van der Waals surface area contributed by atoms with Crippen molar-refractivity contribution in [3.8, 4) is 22.6 Å². The van der Waals surface area contributed by atoms with Gasteiger partial charge in [0.05, 0.1) is 29.9 Å². The van der Waals surface area contributed by atoms with Gasteiger partial charge in [0.25, 0.3) is 5.91 Å². The van der Waals surface area contributed by atoms with E-state index in [4.69, 9.17) is 9.98 Å². The van der Waals surface area contributed by atoms with Gasteiger partial charge in [-0.3, -0.25) is 19.6 Å². The van der Waals surface area contributed by atoms with Crippen LogP contribution in [0.1, 0.15) is 42.4 Å². The van der Waals surface area contributed by atoms with E-state index in [0.717, 1.165) is 24.3 Å². The van der Waals surface area contributed by atoms with E-state index in [1.165, 1.54) is 24.4 Å². The lowest BCUT2D eigenvalue weighted by Crippen LogP contribution is -2.51. The van der Waals surface area contributed by atoms with E-state index in [1.807, 2.05) is 25.7 Å². The fourth-order valence-corrected chi connectivity index (χ4v) is 5.28. The van der Waals surface area contributed by atoms with Crippen molar-refractivity contribution in [1.82, 2.24) is 19.4 Å². The van der Waals surface area contributed by atoms with Gasteiger partial charge in [0.1, 0.15) is 23.3 Å². The molecule has 0 unspecified atom stereocenters. The number of amides is 1. The molecular weight excluding hydrogens is 555 g/mol. The van der Waals surface area contributed by atoms with Crippen molar-refractivity contribution in [2.24, 2.45) is 4.99 Å². The molecule has 0 radical (unpaired) electrons. The molecule has 4 aromatic rings. The quantitative estimate of drug-likeness (QED) is 0.257. The van der Waals surface area contributed by atoms with Crippen LogP contribution in [0.4, 0.5) is 27.8 Å². The van der Waals surface area contributed by atoms with E-state index in [0.29, 0.717) is 47.5 Å². The van der Waals surface area contributed by atoms with Gasteiger partial charge >= 0.3 is 6.18 Å². The van der Waals surface area contributed by atoms with Crippen molar-refractivity contribution < 1.29 is 26.7 Å². The molecule has 216 valence electrons. The van der Waals surface area contributed by atoms with E-state index < -0.39 is 28.9 Å². The number of alkyl halides is 3. The van der Waals surface area contributed by atoms with E-state index in [-0.39, 0.29) is 23.7 Å². The number of aromatic nitrogens is 3. The van der Waals surface area contributed by atoms with Crippen LogP contribution in [0.15, 0.2) is 65.8 Å². The van der Waals surface area contributed by atoms with Gasteiger partial charge in [-0.1, -0.05) is 18.2 Å². The molecule has 42 heavy (non-hydrogen) atoms. The Labute approximate surface area is 238 Å². The van der Waals surface area contributed by atoms with Crippen LogP contribution in [0.2, 0.25) is 0 Å². The summed E-state index contributed by atoms with van der Waals surface area (Å²) >= 11 is 0. The number of aliphatic imine (C=N–C) groups is 1. The zero-order valence-electron chi connectivity index (χ0n) is 22.9. The van der Waals surface area contributed by atoms with Crippen molar-refractivity contribution in [2.75, 3.05) is 18.0 Å². The molecule has 12 heteroatoms. The smallest absolute Gasteiger partial charge is 0.305 e. The summed E-state index contributed by atoms with van der Waals surface area (Å²) < 4.78 is 69.2. The molecule has 0 bridgehead atoms. The fraction of sp³-hybridized carbons (Fsp3) is 0.267. The lowest BCUT2D eigenvalue weighted by molar-refractivity contribution is -0.137. The first kappa shape index (κ1) is 27.6. The van der Waals surface area contributed by atoms with E-state index in [2.05, 4.69) is 4.98 Å². The van der Waals surface area contributed by atoms with Gasteiger partial charge in [-0.05, 0) is 51.1 Å². The predicted octanol–water partition coefficient (Wildman–Crippen LogP) is 6.39.